The van der Waals surface area contributed by atoms with E-state index in [1.807, 2.05) is 19.1 Å². The molecule has 0 aliphatic carbocycles. The number of hydrogen-bond donors (Lipinski definition) is 1. The van der Waals surface area contributed by atoms with Crippen LogP contribution in [0.1, 0.15) is 12.5 Å². The minimum Gasteiger partial charge on any atom is -0.486 e. The highest BCUT2D eigenvalue weighted by atomic mass is 79.9. The van der Waals surface area contributed by atoms with E-state index in [0.29, 0.717) is 13.2 Å². The molecule has 2 N–H and O–H groups in total. The second-order valence-electron chi connectivity index (χ2n) is 3.81. The smallest absolute Gasteiger partial charge is 0.148 e. The molecule has 1 aromatic rings. The summed E-state index contributed by atoms with van der Waals surface area (Å²) in [7, 11) is 1.66. The molecule has 0 spiro atoms. The summed E-state index contributed by atoms with van der Waals surface area (Å²) in [6.45, 7) is 3.17. The molecule has 1 atom stereocenters. The second kappa shape index (κ2) is 7.36. The Morgan fingerprint density at radius 2 is 1.88 bits per heavy atom. The molecule has 0 aliphatic heterocycles. The van der Waals surface area contributed by atoms with Gasteiger partial charge in [0.2, 0.25) is 0 Å². The van der Waals surface area contributed by atoms with E-state index in [1.165, 1.54) is 5.56 Å². The highest BCUT2D eigenvalue weighted by Gasteiger charge is 2.12. The van der Waals surface area contributed by atoms with Crippen LogP contribution in [0.15, 0.2) is 21.1 Å². The van der Waals surface area contributed by atoms with Crippen LogP contribution in [-0.4, -0.2) is 26.4 Å². The van der Waals surface area contributed by atoms with Crippen molar-refractivity contribution in [3.05, 3.63) is 26.6 Å². The fourth-order valence-corrected chi connectivity index (χ4v) is 2.97. The molecule has 0 aromatic heterocycles. The highest BCUT2D eigenvalue weighted by Crippen LogP contribution is 2.35. The monoisotopic (exact) mass is 365 g/mol. The Morgan fingerprint density at radius 3 is 2.35 bits per heavy atom. The predicted molar refractivity (Wildman–Crippen MR) is 76.6 cm³/mol. The Labute approximate surface area is 119 Å². The minimum absolute atomic E-state index is 0.00737. The summed E-state index contributed by atoms with van der Waals surface area (Å²) < 4.78 is 12.7. The van der Waals surface area contributed by atoms with Crippen molar-refractivity contribution in [3.63, 3.8) is 0 Å². The molecule has 0 saturated heterocycles. The van der Waals surface area contributed by atoms with Gasteiger partial charge in [-0.25, -0.2) is 0 Å². The lowest BCUT2D eigenvalue weighted by molar-refractivity contribution is 0.0910. The van der Waals surface area contributed by atoms with E-state index in [0.717, 1.165) is 21.1 Å². The standard InChI is InChI=1S/C12H17Br2NO2/c1-8(7-16-2)17-12-10(13)5-9(3-4-15)6-11(12)14/h5-6,8H,3-4,7,15H2,1-2H3. The molecule has 1 aromatic carbocycles. The third-order valence-corrected chi connectivity index (χ3v) is 3.39. The molecular formula is C12H17Br2NO2. The highest BCUT2D eigenvalue weighted by molar-refractivity contribution is 9.11. The van der Waals surface area contributed by atoms with Crippen molar-refractivity contribution in [2.75, 3.05) is 20.3 Å². The molecule has 3 nitrogen and oxygen atoms in total. The maximum Gasteiger partial charge on any atom is 0.148 e. The van der Waals surface area contributed by atoms with Crippen LogP contribution in [0.4, 0.5) is 0 Å². The van der Waals surface area contributed by atoms with Crippen LogP contribution in [0, 0.1) is 0 Å². The lowest BCUT2D eigenvalue weighted by Gasteiger charge is -2.17. The third-order valence-electron chi connectivity index (χ3n) is 2.21. The second-order valence-corrected chi connectivity index (χ2v) is 5.52. The quantitative estimate of drug-likeness (QED) is 0.841. The number of rotatable bonds is 6. The molecule has 0 radical (unpaired) electrons. The van der Waals surface area contributed by atoms with Crippen LogP contribution < -0.4 is 10.5 Å². The van der Waals surface area contributed by atoms with Crippen molar-refractivity contribution in [1.29, 1.82) is 0 Å². The Hall–Kier alpha value is -0.100. The van der Waals surface area contributed by atoms with Gasteiger partial charge in [-0.2, -0.15) is 0 Å². The topological polar surface area (TPSA) is 44.5 Å². The summed E-state index contributed by atoms with van der Waals surface area (Å²) in [5.41, 5.74) is 6.72. The van der Waals surface area contributed by atoms with Crippen LogP contribution in [0.25, 0.3) is 0 Å². The zero-order chi connectivity index (χ0) is 12.8. The molecule has 1 rings (SSSR count). The molecule has 0 bridgehead atoms. The molecule has 1 unspecified atom stereocenters. The van der Waals surface area contributed by atoms with Gasteiger partial charge in [-0.15, -0.1) is 0 Å². The normalized spacial score (nSPS) is 12.5. The maximum absolute atomic E-state index is 5.80. The molecular weight excluding hydrogens is 350 g/mol. The maximum atomic E-state index is 5.80. The van der Waals surface area contributed by atoms with Crippen LogP contribution in [0.3, 0.4) is 0 Å². The fraction of sp³-hybridized carbons (Fsp3) is 0.500. The van der Waals surface area contributed by atoms with Crippen LogP contribution in [0.2, 0.25) is 0 Å². The van der Waals surface area contributed by atoms with E-state index in [1.54, 1.807) is 7.11 Å². The summed E-state index contributed by atoms with van der Waals surface area (Å²) in [6.07, 6.45) is 0.860. The van der Waals surface area contributed by atoms with Crippen LogP contribution >= 0.6 is 31.9 Å². The summed E-state index contributed by atoms with van der Waals surface area (Å²) in [5.74, 6) is 0.801. The summed E-state index contributed by atoms with van der Waals surface area (Å²) in [4.78, 5) is 0. The van der Waals surface area contributed by atoms with E-state index >= 15 is 0 Å². The third kappa shape index (κ3) is 4.58. The fourth-order valence-electron chi connectivity index (χ4n) is 1.51. The molecule has 5 heteroatoms. The van der Waals surface area contributed by atoms with Gasteiger partial charge in [0, 0.05) is 7.11 Å². The molecule has 0 fully saturated rings. The van der Waals surface area contributed by atoms with Crippen molar-refractivity contribution in [2.45, 2.75) is 19.4 Å². The van der Waals surface area contributed by atoms with Crippen molar-refractivity contribution in [2.24, 2.45) is 5.73 Å². The number of methoxy groups -OCH3 is 1. The van der Waals surface area contributed by atoms with E-state index in [9.17, 15) is 0 Å². The van der Waals surface area contributed by atoms with Gasteiger partial charge in [-0.05, 0) is 69.4 Å². The SMILES string of the molecule is COCC(C)Oc1c(Br)cc(CCN)cc1Br. The van der Waals surface area contributed by atoms with Gasteiger partial charge in [-0.1, -0.05) is 0 Å². The Morgan fingerprint density at radius 1 is 1.29 bits per heavy atom. The number of benzene rings is 1. The molecule has 17 heavy (non-hydrogen) atoms. The Kier molecular flexibility index (Phi) is 6.48. The predicted octanol–water partition coefficient (Wildman–Crippen LogP) is 3.13. The van der Waals surface area contributed by atoms with Crippen molar-refractivity contribution in [1.82, 2.24) is 0 Å². The molecule has 0 aliphatic rings. The van der Waals surface area contributed by atoms with Gasteiger partial charge < -0.3 is 15.2 Å². The Bertz CT molecular complexity index is 349. The van der Waals surface area contributed by atoms with Crippen LogP contribution in [0.5, 0.6) is 5.75 Å². The van der Waals surface area contributed by atoms with Gasteiger partial charge in [0.1, 0.15) is 11.9 Å². The van der Waals surface area contributed by atoms with Gasteiger partial charge in [0.15, 0.2) is 0 Å². The molecule has 0 heterocycles. The van der Waals surface area contributed by atoms with Gasteiger partial charge in [0.05, 0.1) is 15.6 Å². The first kappa shape index (κ1) is 15.0. The minimum atomic E-state index is 0.00737. The number of hydrogen-bond acceptors (Lipinski definition) is 3. The van der Waals surface area contributed by atoms with Crippen molar-refractivity contribution >= 4 is 31.9 Å². The van der Waals surface area contributed by atoms with E-state index in [2.05, 4.69) is 31.9 Å². The average Bonchev–Trinajstić information content (AvgIpc) is 2.24. The number of halogens is 2. The molecule has 0 amide bonds. The van der Waals surface area contributed by atoms with E-state index in [-0.39, 0.29) is 6.10 Å². The van der Waals surface area contributed by atoms with Gasteiger partial charge in [-0.3, -0.25) is 0 Å². The zero-order valence-electron chi connectivity index (χ0n) is 10.0. The average molecular weight is 367 g/mol. The lowest BCUT2D eigenvalue weighted by Crippen LogP contribution is -2.18. The van der Waals surface area contributed by atoms with Gasteiger partial charge >= 0.3 is 0 Å². The first-order valence-corrected chi connectivity index (χ1v) is 7.00. The first-order chi connectivity index (χ1) is 8.08. The molecule has 0 saturated carbocycles. The first-order valence-electron chi connectivity index (χ1n) is 5.42. The van der Waals surface area contributed by atoms with E-state index < -0.39 is 0 Å². The van der Waals surface area contributed by atoms with E-state index in [4.69, 9.17) is 15.2 Å². The number of nitrogens with two attached hydrogens (primary N) is 1. The van der Waals surface area contributed by atoms with Crippen LogP contribution in [-0.2, 0) is 11.2 Å². The summed E-state index contributed by atoms with van der Waals surface area (Å²) in [6, 6.07) is 4.07. The lowest BCUT2D eigenvalue weighted by atomic mass is 10.1. The number of ether oxygens (including phenoxy) is 2. The Balaban J connectivity index is 2.85. The van der Waals surface area contributed by atoms with Crippen molar-refractivity contribution < 1.29 is 9.47 Å². The van der Waals surface area contributed by atoms with Crippen molar-refractivity contribution in [3.8, 4) is 5.75 Å². The molecule has 96 valence electrons. The summed E-state index contributed by atoms with van der Waals surface area (Å²) in [5, 5.41) is 0. The summed E-state index contributed by atoms with van der Waals surface area (Å²) >= 11 is 7.02. The van der Waals surface area contributed by atoms with Gasteiger partial charge in [0.25, 0.3) is 0 Å². The zero-order valence-corrected chi connectivity index (χ0v) is 13.2. The largest absolute Gasteiger partial charge is 0.486 e.